The summed E-state index contributed by atoms with van der Waals surface area (Å²) in [5.41, 5.74) is 5.10. The average Bonchev–Trinajstić information content (AvgIpc) is 3.43. The average molecular weight is 473 g/mol. The van der Waals surface area contributed by atoms with Crippen LogP contribution in [-0.2, 0) is 0 Å². The second-order valence-corrected chi connectivity index (χ2v) is 8.83. The van der Waals surface area contributed by atoms with Crippen molar-refractivity contribution in [3.63, 3.8) is 0 Å². The minimum Gasteiger partial charge on any atom is -0.389 e. The van der Waals surface area contributed by atoms with Gasteiger partial charge in [-0.05, 0) is 75.6 Å². The van der Waals surface area contributed by atoms with E-state index in [0.29, 0.717) is 23.0 Å². The molecule has 0 bridgehead atoms. The molecule has 2 N–H and O–H groups in total. The molecule has 34 heavy (non-hydrogen) atoms. The van der Waals surface area contributed by atoms with Crippen LogP contribution in [0.1, 0.15) is 30.0 Å². The van der Waals surface area contributed by atoms with Crippen molar-refractivity contribution in [3.8, 4) is 11.6 Å². The Morgan fingerprint density at radius 2 is 1.88 bits per heavy atom. The van der Waals surface area contributed by atoms with Crippen molar-refractivity contribution < 1.29 is 5.11 Å². The number of thioether (sulfide) groups is 1. The van der Waals surface area contributed by atoms with E-state index in [1.807, 2.05) is 73.2 Å². The zero-order valence-corrected chi connectivity index (χ0v) is 20.1. The van der Waals surface area contributed by atoms with Crippen LogP contribution in [0.3, 0.4) is 0 Å². The number of aliphatic hydroxyl groups excluding tert-OH is 1. The highest BCUT2D eigenvalue weighted by Gasteiger charge is 2.17. The second kappa shape index (κ2) is 8.88. The number of aryl methyl sites for hydroxylation is 2. The van der Waals surface area contributed by atoms with E-state index in [2.05, 4.69) is 25.6 Å². The molecule has 10 heteroatoms. The molecule has 0 fully saturated rings. The lowest BCUT2D eigenvalue weighted by Crippen LogP contribution is -2.10. The van der Waals surface area contributed by atoms with Crippen LogP contribution < -0.4 is 5.32 Å². The SMILES string of the molecule is CSc1cc(C)n(-c2nc(-n3cnc4cc(Nc5ccc(C)nn5)ccc43)ccc2C(C)O)n1. The van der Waals surface area contributed by atoms with E-state index in [9.17, 15) is 5.11 Å². The maximum Gasteiger partial charge on any atom is 0.161 e. The fourth-order valence-electron chi connectivity index (χ4n) is 3.73. The molecule has 5 aromatic rings. The Morgan fingerprint density at radius 3 is 2.59 bits per heavy atom. The van der Waals surface area contributed by atoms with Crippen LogP contribution in [0.15, 0.2) is 59.9 Å². The maximum atomic E-state index is 10.4. The molecule has 4 heterocycles. The number of hydrogen-bond donors (Lipinski definition) is 2. The fraction of sp³-hybridized carbons (Fsp3) is 0.208. The first-order valence-corrected chi connectivity index (χ1v) is 12.0. The summed E-state index contributed by atoms with van der Waals surface area (Å²) in [5, 5.41) is 27.4. The summed E-state index contributed by atoms with van der Waals surface area (Å²) in [6.45, 7) is 5.61. The van der Waals surface area contributed by atoms with Crippen LogP contribution in [0.4, 0.5) is 11.5 Å². The zero-order chi connectivity index (χ0) is 23.8. The lowest BCUT2D eigenvalue weighted by molar-refractivity contribution is 0.198. The normalized spacial score (nSPS) is 12.3. The summed E-state index contributed by atoms with van der Waals surface area (Å²) in [7, 11) is 0. The molecule has 172 valence electrons. The monoisotopic (exact) mass is 472 g/mol. The number of nitrogens with one attached hydrogen (secondary N) is 1. The number of hydrogen-bond acceptors (Lipinski definition) is 8. The van der Waals surface area contributed by atoms with Gasteiger partial charge < -0.3 is 10.4 Å². The molecule has 0 radical (unpaired) electrons. The first kappa shape index (κ1) is 22.1. The van der Waals surface area contributed by atoms with Crippen LogP contribution in [-0.4, -0.2) is 45.9 Å². The summed E-state index contributed by atoms with van der Waals surface area (Å²) in [4.78, 5) is 9.46. The van der Waals surface area contributed by atoms with E-state index >= 15 is 0 Å². The Hall–Kier alpha value is -3.76. The third-order valence-electron chi connectivity index (χ3n) is 5.48. The Balaban J connectivity index is 1.54. The van der Waals surface area contributed by atoms with Gasteiger partial charge in [-0.1, -0.05) is 0 Å². The molecule has 0 spiro atoms. The van der Waals surface area contributed by atoms with Crippen molar-refractivity contribution in [1.82, 2.24) is 34.5 Å². The zero-order valence-electron chi connectivity index (χ0n) is 19.3. The Morgan fingerprint density at radius 1 is 1.03 bits per heavy atom. The van der Waals surface area contributed by atoms with Crippen molar-refractivity contribution in [2.24, 2.45) is 0 Å². The smallest absolute Gasteiger partial charge is 0.161 e. The number of imidazole rings is 1. The topological polar surface area (TPSA) is 107 Å². The predicted molar refractivity (Wildman–Crippen MR) is 133 cm³/mol. The number of aliphatic hydroxyl groups is 1. The number of anilines is 2. The highest BCUT2D eigenvalue weighted by atomic mass is 32.2. The van der Waals surface area contributed by atoms with Gasteiger partial charge in [0, 0.05) is 16.9 Å². The summed E-state index contributed by atoms with van der Waals surface area (Å²) in [6.07, 6.45) is 3.05. The van der Waals surface area contributed by atoms with Gasteiger partial charge in [0.2, 0.25) is 0 Å². The van der Waals surface area contributed by atoms with E-state index in [4.69, 9.17) is 4.98 Å². The number of benzene rings is 1. The van der Waals surface area contributed by atoms with E-state index < -0.39 is 6.10 Å². The number of fused-ring (bicyclic) bond motifs is 1. The first-order valence-electron chi connectivity index (χ1n) is 10.8. The van der Waals surface area contributed by atoms with Gasteiger partial charge in [-0.15, -0.1) is 16.9 Å². The number of rotatable bonds is 6. The Labute approximate surface area is 200 Å². The van der Waals surface area contributed by atoms with Crippen LogP contribution in [0.5, 0.6) is 0 Å². The van der Waals surface area contributed by atoms with Gasteiger partial charge in [-0.2, -0.15) is 10.2 Å². The Kier molecular flexibility index (Phi) is 5.76. The molecular weight excluding hydrogens is 448 g/mol. The van der Waals surface area contributed by atoms with Crippen LogP contribution in [0.2, 0.25) is 0 Å². The fourth-order valence-corrected chi connectivity index (χ4v) is 4.18. The van der Waals surface area contributed by atoms with Gasteiger partial charge in [0.05, 0.1) is 22.8 Å². The molecule has 0 aliphatic rings. The minimum absolute atomic E-state index is 0.600. The van der Waals surface area contributed by atoms with Crippen molar-refractivity contribution in [3.05, 3.63) is 71.8 Å². The number of nitrogens with zero attached hydrogens (tertiary/aromatic N) is 7. The first-order chi connectivity index (χ1) is 16.4. The molecule has 0 aliphatic carbocycles. The molecular formula is C24H24N8OS. The highest BCUT2D eigenvalue weighted by Crippen LogP contribution is 2.27. The van der Waals surface area contributed by atoms with Crippen molar-refractivity contribution >= 4 is 34.3 Å². The van der Waals surface area contributed by atoms with Gasteiger partial charge in [0.15, 0.2) is 11.6 Å². The van der Waals surface area contributed by atoms with Crippen LogP contribution >= 0.6 is 11.8 Å². The molecule has 0 saturated carbocycles. The Bertz CT molecular complexity index is 1470. The van der Waals surface area contributed by atoms with Gasteiger partial charge in [-0.25, -0.2) is 14.6 Å². The van der Waals surface area contributed by atoms with E-state index in [0.717, 1.165) is 33.1 Å². The highest BCUT2D eigenvalue weighted by molar-refractivity contribution is 7.98. The van der Waals surface area contributed by atoms with Gasteiger partial charge in [0.1, 0.15) is 17.2 Å². The summed E-state index contributed by atoms with van der Waals surface area (Å²) < 4.78 is 3.70. The van der Waals surface area contributed by atoms with Crippen LogP contribution in [0.25, 0.3) is 22.7 Å². The van der Waals surface area contributed by atoms with Crippen LogP contribution in [0, 0.1) is 13.8 Å². The third-order valence-corrected chi connectivity index (χ3v) is 6.10. The molecule has 1 unspecified atom stereocenters. The van der Waals surface area contributed by atoms with Crippen molar-refractivity contribution in [1.29, 1.82) is 0 Å². The molecule has 0 saturated heterocycles. The standard InChI is InChI=1S/C24H24N8OS/c1-14-5-9-21(29-28-14)26-17-6-8-20-19(12-17)25-13-31(20)22-10-7-18(16(3)33)24(27-22)32-15(2)11-23(30-32)34-4/h5-13,16,33H,1-4H3,(H,26,29). The van der Waals surface area contributed by atoms with Crippen molar-refractivity contribution in [2.75, 3.05) is 11.6 Å². The van der Waals surface area contributed by atoms with Crippen molar-refractivity contribution in [2.45, 2.75) is 31.9 Å². The molecule has 1 atom stereocenters. The molecule has 1 aromatic carbocycles. The lowest BCUT2D eigenvalue weighted by Gasteiger charge is -2.15. The van der Waals surface area contributed by atoms with Gasteiger partial charge in [0.25, 0.3) is 0 Å². The lowest BCUT2D eigenvalue weighted by atomic mass is 10.1. The van der Waals surface area contributed by atoms with E-state index in [-0.39, 0.29) is 0 Å². The quantitative estimate of drug-likeness (QED) is 0.347. The molecule has 5 rings (SSSR count). The number of aromatic nitrogens is 7. The predicted octanol–water partition coefficient (Wildman–Crippen LogP) is 4.53. The largest absolute Gasteiger partial charge is 0.389 e. The summed E-state index contributed by atoms with van der Waals surface area (Å²) >= 11 is 1.57. The maximum absolute atomic E-state index is 10.4. The molecule has 4 aromatic heterocycles. The van der Waals surface area contributed by atoms with Gasteiger partial charge in [-0.3, -0.25) is 4.57 Å². The van der Waals surface area contributed by atoms with E-state index in [1.165, 1.54) is 0 Å². The van der Waals surface area contributed by atoms with Gasteiger partial charge >= 0.3 is 0 Å². The summed E-state index contributed by atoms with van der Waals surface area (Å²) in [5.74, 6) is 1.96. The molecule has 0 amide bonds. The second-order valence-electron chi connectivity index (χ2n) is 8.00. The van der Waals surface area contributed by atoms with E-state index in [1.54, 1.807) is 29.7 Å². The molecule has 9 nitrogen and oxygen atoms in total. The number of pyridine rings is 1. The third kappa shape index (κ3) is 4.13. The molecule has 0 aliphatic heterocycles. The minimum atomic E-state index is -0.684. The summed E-state index contributed by atoms with van der Waals surface area (Å²) in [6, 6.07) is 15.5.